The monoisotopic (exact) mass is 1010 g/mol. The van der Waals surface area contributed by atoms with E-state index in [-0.39, 0.29) is 34.7 Å². The first-order valence-electron chi connectivity index (χ1n) is 24.5. The van der Waals surface area contributed by atoms with E-state index in [1.54, 1.807) is 37.2 Å². The zero-order chi connectivity index (χ0) is 51.5. The number of hydrogen-bond acceptors (Lipinski definition) is 23. The molecule has 0 radical (unpaired) electrons. The topological polar surface area (TPSA) is 327 Å². The minimum atomic E-state index is -0.867. The van der Waals surface area contributed by atoms with E-state index in [2.05, 4.69) is 71.8 Å². The number of hydrogen-bond donors (Lipinski definition) is 5. The van der Waals surface area contributed by atoms with Crippen LogP contribution in [0.5, 0.6) is 0 Å². The van der Waals surface area contributed by atoms with Gasteiger partial charge in [-0.1, -0.05) is 35.3 Å². The Balaban J connectivity index is 0.000000161. The van der Waals surface area contributed by atoms with Crippen molar-refractivity contribution in [2.75, 3.05) is 67.6 Å². The van der Waals surface area contributed by atoms with Crippen molar-refractivity contribution < 1.29 is 28.5 Å². The molecule has 24 nitrogen and oxygen atoms in total. The van der Waals surface area contributed by atoms with E-state index in [1.165, 1.54) is 7.11 Å². The van der Waals surface area contributed by atoms with Gasteiger partial charge in [0.25, 0.3) is 11.8 Å². The normalized spacial score (nSPS) is 18.7. The van der Waals surface area contributed by atoms with Crippen molar-refractivity contribution in [3.63, 3.8) is 0 Å². The van der Waals surface area contributed by atoms with Crippen LogP contribution in [-0.2, 0) is 25.2 Å². The Labute approximate surface area is 428 Å². The number of pyridine rings is 4. The molecule has 2 saturated heterocycles. The molecule has 0 spiro atoms. The van der Waals surface area contributed by atoms with E-state index in [4.69, 9.17) is 35.2 Å². The summed E-state index contributed by atoms with van der Waals surface area (Å²) in [5.74, 6) is 2.89. The van der Waals surface area contributed by atoms with Crippen LogP contribution in [0.25, 0.3) is 45.4 Å². The Morgan fingerprint density at radius 2 is 1.03 bits per heavy atom. The van der Waals surface area contributed by atoms with Gasteiger partial charge in [-0.25, -0.2) is 29.9 Å². The molecule has 75 heavy (non-hydrogen) atoms. The molecular formula is C51H52N18O6. The number of nitrogens with two attached hydrogens (primary N) is 2. The van der Waals surface area contributed by atoms with Gasteiger partial charge < -0.3 is 50.8 Å². The highest BCUT2D eigenvalue weighted by Crippen LogP contribution is 2.49. The van der Waals surface area contributed by atoms with Gasteiger partial charge in [-0.15, -0.1) is 0 Å². The van der Waals surface area contributed by atoms with Crippen molar-refractivity contribution in [3.8, 4) is 45.4 Å². The highest BCUT2D eigenvalue weighted by molar-refractivity contribution is 5.77. The first-order valence-corrected chi connectivity index (χ1v) is 24.5. The molecule has 4 fully saturated rings. The lowest BCUT2D eigenvalue weighted by molar-refractivity contribution is -0.143. The molecule has 7 N–H and O–H groups in total. The second kappa shape index (κ2) is 20.5. The van der Waals surface area contributed by atoms with Crippen LogP contribution in [0.15, 0.2) is 107 Å². The molecule has 0 unspecified atom stereocenters. The Morgan fingerprint density at radius 1 is 0.587 bits per heavy atom. The maximum absolute atomic E-state index is 11.9. The lowest BCUT2D eigenvalue weighted by atomic mass is 9.64. The maximum Gasteiger partial charge on any atom is 0.324 e. The smallest absolute Gasteiger partial charge is 0.324 e. The van der Waals surface area contributed by atoms with Crippen LogP contribution in [0.3, 0.4) is 0 Å². The molecule has 10 heterocycles. The molecule has 24 heteroatoms. The van der Waals surface area contributed by atoms with Crippen LogP contribution in [0, 0.1) is 0 Å². The number of nitrogen functional groups attached to an aromatic ring is 2. The number of carboxylic acid groups (broad SMARTS) is 1. The van der Waals surface area contributed by atoms with Gasteiger partial charge in [0.15, 0.2) is 11.6 Å². The first kappa shape index (κ1) is 48.4. The number of anilines is 4. The summed E-state index contributed by atoms with van der Waals surface area (Å²) in [5, 5.41) is 24.2. The molecule has 2 aliphatic carbocycles. The fourth-order valence-electron chi connectivity index (χ4n) is 9.83. The van der Waals surface area contributed by atoms with Gasteiger partial charge in [0.2, 0.25) is 11.9 Å². The number of carboxylic acids is 1. The third-order valence-corrected chi connectivity index (χ3v) is 14.5. The minimum absolute atomic E-state index is 0.224. The Hall–Kier alpha value is -8.90. The zero-order valence-corrected chi connectivity index (χ0v) is 40.8. The number of carbonyl (C=O) groups is 2. The molecular weight excluding hydrogens is 961 g/mol. The van der Waals surface area contributed by atoms with Crippen LogP contribution < -0.4 is 31.9 Å². The number of nitrogens with zero attached hydrogens (tertiary/aromatic N) is 14. The van der Waals surface area contributed by atoms with Crippen LogP contribution in [0.2, 0.25) is 0 Å². The van der Waals surface area contributed by atoms with Gasteiger partial charge in [0.1, 0.15) is 23.7 Å². The standard InChI is InChI=1S/C26H27N9O3.C25H25N9O3/c1-37-23(36)20-15-35(10-9-28-20)21-6-3-16(11-30-21)22-33-24(34-38-22)26(7-2-8-26)18-4-5-19(29-14-18)17-12-31-25(27)32-13-17;26-24-30-11-16(12-31-24)18-4-3-17(13-28-18)25(6-1-7-25)23-32-21(37-33-23)15-2-5-20(29-10-15)34-9-8-27-19(14-34)22(35)36/h3-6,11-14,20,28H,2,7-10,15H2,1H3,(H2,27,31,32);2-5,10-13,19,27H,1,6-9,14H2,(H,35,36)(H2,26,30,31)/t20-;19-/m00/s1. The van der Waals surface area contributed by atoms with Gasteiger partial charge in [-0.05, 0) is 73.2 Å². The number of aliphatic carboxylic acids is 1. The summed E-state index contributed by atoms with van der Waals surface area (Å²) in [7, 11) is 1.39. The molecule has 12 rings (SSSR count). The van der Waals surface area contributed by atoms with Crippen molar-refractivity contribution in [2.24, 2.45) is 0 Å². The summed E-state index contributed by atoms with van der Waals surface area (Å²) in [6.07, 6.45) is 19.5. The summed E-state index contributed by atoms with van der Waals surface area (Å²) >= 11 is 0. The predicted octanol–water partition coefficient (Wildman–Crippen LogP) is 3.89. The van der Waals surface area contributed by atoms with Crippen molar-refractivity contribution >= 4 is 35.5 Å². The van der Waals surface area contributed by atoms with Crippen molar-refractivity contribution in [1.29, 1.82) is 0 Å². The summed E-state index contributed by atoms with van der Waals surface area (Å²) < 4.78 is 16.2. The summed E-state index contributed by atoms with van der Waals surface area (Å²) in [6.45, 7) is 3.52. The van der Waals surface area contributed by atoms with Gasteiger partial charge in [-0.3, -0.25) is 19.6 Å². The number of rotatable bonds is 12. The van der Waals surface area contributed by atoms with E-state index >= 15 is 0 Å². The molecule has 382 valence electrons. The highest BCUT2D eigenvalue weighted by atomic mass is 16.5. The van der Waals surface area contributed by atoms with E-state index in [1.807, 2.05) is 59.8 Å². The lowest BCUT2D eigenvalue weighted by Gasteiger charge is -2.39. The molecule has 4 aliphatic rings. The van der Waals surface area contributed by atoms with Crippen LogP contribution >= 0.6 is 0 Å². The molecule has 8 aromatic heterocycles. The van der Waals surface area contributed by atoms with Gasteiger partial charge in [0.05, 0.1) is 40.5 Å². The molecule has 8 aromatic rings. The van der Waals surface area contributed by atoms with Crippen LogP contribution in [0.1, 0.15) is 61.3 Å². The van der Waals surface area contributed by atoms with Crippen molar-refractivity contribution in [3.05, 3.63) is 121 Å². The van der Waals surface area contributed by atoms with Crippen LogP contribution in [-0.4, -0.2) is 136 Å². The highest BCUT2D eigenvalue weighted by Gasteiger charge is 2.46. The summed E-state index contributed by atoms with van der Waals surface area (Å²) in [4.78, 5) is 71.3. The van der Waals surface area contributed by atoms with Gasteiger partial charge in [0, 0.05) is 100.0 Å². The number of piperazine rings is 2. The SMILES string of the molecule is COC(=O)[C@@H]1CN(c2ccc(-c3nc(C4(c5ccc(-c6cnc(N)nc6)nc5)CCC4)no3)cn2)CCN1.Nc1ncc(-c2ccc(C3(c4noc(-c5ccc(N6CCN[C@H](C(=O)O)C6)nc5)n4)CCC3)cn2)cn1. The van der Waals surface area contributed by atoms with E-state index in [0.29, 0.717) is 67.5 Å². The van der Waals surface area contributed by atoms with Gasteiger partial charge >= 0.3 is 11.9 Å². The third kappa shape index (κ3) is 9.74. The van der Waals surface area contributed by atoms with Crippen LogP contribution in [0.4, 0.5) is 23.5 Å². The molecule has 0 bridgehead atoms. The molecule has 2 saturated carbocycles. The summed E-state index contributed by atoms with van der Waals surface area (Å²) in [6, 6.07) is 14.5. The molecule has 0 aromatic carbocycles. The lowest BCUT2D eigenvalue weighted by Crippen LogP contribution is -2.54. The predicted molar refractivity (Wildman–Crippen MR) is 271 cm³/mol. The van der Waals surface area contributed by atoms with Gasteiger partial charge in [-0.2, -0.15) is 9.97 Å². The molecule has 2 aliphatic heterocycles. The Morgan fingerprint density at radius 3 is 1.40 bits per heavy atom. The average molecular weight is 1010 g/mol. The van der Waals surface area contributed by atoms with E-state index in [9.17, 15) is 14.7 Å². The largest absolute Gasteiger partial charge is 0.480 e. The first-order chi connectivity index (χ1) is 36.6. The maximum atomic E-state index is 11.9. The fourth-order valence-corrected chi connectivity index (χ4v) is 9.83. The number of esters is 1. The second-order valence-corrected chi connectivity index (χ2v) is 18.8. The summed E-state index contributed by atoms with van der Waals surface area (Å²) in [5.41, 5.74) is 17.1. The third-order valence-electron chi connectivity index (χ3n) is 14.5. The minimum Gasteiger partial charge on any atom is -0.480 e. The van der Waals surface area contributed by atoms with E-state index < -0.39 is 12.0 Å². The number of carbonyl (C=O) groups excluding carboxylic acids is 1. The number of nitrogens with one attached hydrogen (secondary N) is 2. The van der Waals surface area contributed by atoms with Crippen molar-refractivity contribution in [2.45, 2.75) is 61.4 Å². The second-order valence-electron chi connectivity index (χ2n) is 18.8. The quantitative estimate of drug-likeness (QED) is 0.108. The van der Waals surface area contributed by atoms with Crippen molar-refractivity contribution in [1.82, 2.24) is 70.8 Å². The Bertz CT molecular complexity index is 3260. The van der Waals surface area contributed by atoms with E-state index in [0.717, 1.165) is 90.1 Å². The number of ether oxygens (including phenoxy) is 1. The Kier molecular flexibility index (Phi) is 13.3. The average Bonchev–Trinajstić information content (AvgIpc) is 4.14. The molecule has 0 amide bonds. The number of aromatic nitrogens is 12. The molecule has 2 atom stereocenters. The number of methoxy groups -OCH3 is 1. The zero-order valence-electron chi connectivity index (χ0n) is 40.8. The fraction of sp³-hybridized carbons (Fsp3) is 0.333.